The largest absolute Gasteiger partial charge is 0.493 e. The predicted molar refractivity (Wildman–Crippen MR) is 93.1 cm³/mol. The van der Waals surface area contributed by atoms with Crippen LogP contribution in [0.25, 0.3) is 11.4 Å². The van der Waals surface area contributed by atoms with Crippen molar-refractivity contribution in [3.63, 3.8) is 0 Å². The lowest BCUT2D eigenvalue weighted by molar-refractivity contribution is -0.121. The minimum absolute atomic E-state index is 0.0497. The summed E-state index contributed by atoms with van der Waals surface area (Å²) in [5, 5.41) is 6.85. The van der Waals surface area contributed by atoms with E-state index in [9.17, 15) is 4.79 Å². The average Bonchev–Trinajstić information content (AvgIpc) is 3.36. The molecule has 1 aromatic heterocycles. The SMILES string of the molecule is COc1ccc(-c2noc(CCC(=O)NC[C@H]3CCCO3)n2)cc1OC. The molecule has 26 heavy (non-hydrogen) atoms. The topological polar surface area (TPSA) is 95.7 Å². The minimum atomic E-state index is -0.0497. The number of hydrogen-bond acceptors (Lipinski definition) is 7. The van der Waals surface area contributed by atoms with Crippen LogP contribution in [0.5, 0.6) is 11.5 Å². The number of hydrogen-bond donors (Lipinski definition) is 1. The average molecular weight is 361 g/mol. The second kappa shape index (κ2) is 8.66. The van der Waals surface area contributed by atoms with E-state index >= 15 is 0 Å². The summed E-state index contributed by atoms with van der Waals surface area (Å²) in [6.45, 7) is 1.33. The number of methoxy groups -OCH3 is 2. The van der Waals surface area contributed by atoms with Crippen LogP contribution in [0.1, 0.15) is 25.2 Å². The Bertz CT molecular complexity index is 740. The molecule has 0 bridgehead atoms. The number of amides is 1. The Morgan fingerprint density at radius 3 is 2.88 bits per heavy atom. The summed E-state index contributed by atoms with van der Waals surface area (Å²) in [4.78, 5) is 16.3. The lowest BCUT2D eigenvalue weighted by atomic mass is 10.2. The smallest absolute Gasteiger partial charge is 0.227 e. The normalized spacial score (nSPS) is 16.5. The summed E-state index contributed by atoms with van der Waals surface area (Å²) >= 11 is 0. The van der Waals surface area contributed by atoms with Gasteiger partial charge in [-0.2, -0.15) is 4.98 Å². The van der Waals surface area contributed by atoms with Crippen LogP contribution >= 0.6 is 0 Å². The van der Waals surface area contributed by atoms with E-state index in [4.69, 9.17) is 18.7 Å². The quantitative estimate of drug-likeness (QED) is 0.768. The van der Waals surface area contributed by atoms with E-state index in [-0.39, 0.29) is 12.0 Å². The first-order chi connectivity index (χ1) is 12.7. The van der Waals surface area contributed by atoms with Gasteiger partial charge in [-0.05, 0) is 31.0 Å². The van der Waals surface area contributed by atoms with Gasteiger partial charge in [-0.3, -0.25) is 4.79 Å². The maximum absolute atomic E-state index is 11.9. The van der Waals surface area contributed by atoms with E-state index in [1.165, 1.54) is 0 Å². The van der Waals surface area contributed by atoms with Crippen LogP contribution in [0.15, 0.2) is 22.7 Å². The maximum Gasteiger partial charge on any atom is 0.227 e. The van der Waals surface area contributed by atoms with E-state index in [1.54, 1.807) is 26.4 Å². The molecule has 2 heterocycles. The first-order valence-corrected chi connectivity index (χ1v) is 8.63. The van der Waals surface area contributed by atoms with E-state index in [0.717, 1.165) is 25.0 Å². The molecule has 8 nitrogen and oxygen atoms in total. The van der Waals surface area contributed by atoms with Gasteiger partial charge in [0.25, 0.3) is 0 Å². The Morgan fingerprint density at radius 1 is 1.31 bits per heavy atom. The van der Waals surface area contributed by atoms with Crippen molar-refractivity contribution in [2.24, 2.45) is 0 Å². The van der Waals surface area contributed by atoms with Crippen LogP contribution in [0.4, 0.5) is 0 Å². The zero-order chi connectivity index (χ0) is 18.4. The first kappa shape index (κ1) is 18.2. The zero-order valence-electron chi connectivity index (χ0n) is 15.0. The second-order valence-electron chi connectivity index (χ2n) is 6.02. The van der Waals surface area contributed by atoms with Crippen LogP contribution in [0.2, 0.25) is 0 Å². The third kappa shape index (κ3) is 4.51. The molecule has 1 aliphatic rings. The molecule has 0 spiro atoms. The number of carbonyl (C=O) groups is 1. The molecule has 1 atom stereocenters. The molecular weight excluding hydrogens is 338 g/mol. The molecular formula is C18H23N3O5. The van der Waals surface area contributed by atoms with E-state index in [1.807, 2.05) is 6.07 Å². The van der Waals surface area contributed by atoms with Gasteiger partial charge in [0.15, 0.2) is 11.5 Å². The molecule has 1 aliphatic heterocycles. The summed E-state index contributed by atoms with van der Waals surface area (Å²) in [5.74, 6) is 2.03. The van der Waals surface area contributed by atoms with Gasteiger partial charge in [-0.1, -0.05) is 5.16 Å². The molecule has 8 heteroatoms. The van der Waals surface area contributed by atoms with Gasteiger partial charge in [-0.15, -0.1) is 0 Å². The lowest BCUT2D eigenvalue weighted by Gasteiger charge is -2.09. The van der Waals surface area contributed by atoms with Crippen molar-refractivity contribution in [1.29, 1.82) is 0 Å². The number of aromatic nitrogens is 2. The van der Waals surface area contributed by atoms with Crippen molar-refractivity contribution in [1.82, 2.24) is 15.5 Å². The van der Waals surface area contributed by atoms with E-state index in [0.29, 0.717) is 42.6 Å². The monoisotopic (exact) mass is 361 g/mol. The van der Waals surface area contributed by atoms with Gasteiger partial charge in [0.05, 0.1) is 20.3 Å². The van der Waals surface area contributed by atoms with Gasteiger partial charge in [0.1, 0.15) is 0 Å². The van der Waals surface area contributed by atoms with Gasteiger partial charge in [-0.25, -0.2) is 0 Å². The fraction of sp³-hybridized carbons (Fsp3) is 0.500. The van der Waals surface area contributed by atoms with Crippen molar-refractivity contribution >= 4 is 5.91 Å². The van der Waals surface area contributed by atoms with Gasteiger partial charge < -0.3 is 24.1 Å². The van der Waals surface area contributed by atoms with E-state index in [2.05, 4.69) is 15.5 Å². The van der Waals surface area contributed by atoms with Crippen molar-refractivity contribution in [2.75, 3.05) is 27.4 Å². The number of aryl methyl sites for hydroxylation is 1. The number of rotatable bonds is 8. The van der Waals surface area contributed by atoms with Crippen LogP contribution in [0.3, 0.4) is 0 Å². The molecule has 0 aliphatic carbocycles. The Labute approximate surface area is 151 Å². The van der Waals surface area contributed by atoms with Crippen molar-refractivity contribution in [3.05, 3.63) is 24.1 Å². The summed E-state index contributed by atoms with van der Waals surface area (Å²) in [6.07, 6.45) is 2.87. The highest BCUT2D eigenvalue weighted by molar-refractivity contribution is 5.76. The molecule has 1 fully saturated rings. The Balaban J connectivity index is 1.53. The van der Waals surface area contributed by atoms with Crippen LogP contribution < -0.4 is 14.8 Å². The zero-order valence-corrected chi connectivity index (χ0v) is 15.0. The Kier molecular flexibility index (Phi) is 6.06. The summed E-state index contributed by atoms with van der Waals surface area (Å²) in [7, 11) is 3.15. The van der Waals surface area contributed by atoms with Crippen molar-refractivity contribution in [3.8, 4) is 22.9 Å². The molecule has 0 radical (unpaired) electrons. The number of benzene rings is 1. The predicted octanol–water partition coefficient (Wildman–Crippen LogP) is 1.98. The molecule has 0 unspecified atom stereocenters. The summed E-state index contributed by atoms with van der Waals surface area (Å²) in [6, 6.07) is 5.38. The standard InChI is InChI=1S/C18H23N3O5/c1-23-14-6-5-12(10-15(14)24-2)18-20-17(26-21-18)8-7-16(22)19-11-13-4-3-9-25-13/h5-6,10,13H,3-4,7-9,11H2,1-2H3,(H,19,22)/t13-/m1/s1. The highest BCUT2D eigenvalue weighted by Crippen LogP contribution is 2.31. The van der Waals surface area contributed by atoms with Crippen LogP contribution in [0, 0.1) is 0 Å². The molecule has 1 saturated heterocycles. The van der Waals surface area contributed by atoms with Gasteiger partial charge in [0, 0.05) is 31.6 Å². The van der Waals surface area contributed by atoms with Gasteiger partial charge >= 0.3 is 0 Å². The molecule has 1 N–H and O–H groups in total. The highest BCUT2D eigenvalue weighted by atomic mass is 16.5. The summed E-state index contributed by atoms with van der Waals surface area (Å²) < 4.78 is 21.2. The molecule has 3 rings (SSSR count). The van der Waals surface area contributed by atoms with Crippen LogP contribution in [-0.2, 0) is 16.0 Å². The Morgan fingerprint density at radius 2 is 2.15 bits per heavy atom. The van der Waals surface area contributed by atoms with Gasteiger partial charge in [0.2, 0.25) is 17.6 Å². The second-order valence-corrected chi connectivity index (χ2v) is 6.02. The fourth-order valence-corrected chi connectivity index (χ4v) is 2.79. The molecule has 2 aromatic rings. The number of nitrogens with one attached hydrogen (secondary N) is 1. The third-order valence-corrected chi connectivity index (χ3v) is 4.23. The molecule has 1 aromatic carbocycles. The summed E-state index contributed by atoms with van der Waals surface area (Å²) in [5.41, 5.74) is 0.750. The highest BCUT2D eigenvalue weighted by Gasteiger charge is 2.17. The first-order valence-electron chi connectivity index (χ1n) is 8.63. The number of nitrogens with zero attached hydrogens (tertiary/aromatic N) is 2. The number of ether oxygens (including phenoxy) is 3. The van der Waals surface area contributed by atoms with E-state index < -0.39 is 0 Å². The third-order valence-electron chi connectivity index (χ3n) is 4.23. The fourth-order valence-electron chi connectivity index (χ4n) is 2.79. The molecule has 0 saturated carbocycles. The van der Waals surface area contributed by atoms with Crippen molar-refractivity contribution < 1.29 is 23.5 Å². The van der Waals surface area contributed by atoms with Crippen molar-refractivity contribution in [2.45, 2.75) is 31.8 Å². The Hall–Kier alpha value is -2.61. The van der Waals surface area contributed by atoms with Crippen LogP contribution in [-0.4, -0.2) is 49.5 Å². The lowest BCUT2D eigenvalue weighted by Crippen LogP contribution is -2.31. The molecule has 140 valence electrons. The minimum Gasteiger partial charge on any atom is -0.493 e. The number of carbonyl (C=O) groups excluding carboxylic acids is 1. The molecule has 1 amide bonds. The maximum atomic E-state index is 11.9.